The molecule has 0 saturated carbocycles. The number of halogens is 2. The molecule has 7 nitrogen and oxygen atoms in total. The molecule has 1 N–H and O–H groups in total. The number of anilines is 2. The molecule has 0 atom stereocenters. The van der Waals surface area contributed by atoms with Gasteiger partial charge < -0.3 is 0 Å². The predicted molar refractivity (Wildman–Crippen MR) is 122 cm³/mol. The summed E-state index contributed by atoms with van der Waals surface area (Å²) in [6.45, 7) is 3.05. The summed E-state index contributed by atoms with van der Waals surface area (Å²) < 4.78 is 41.5. The molecule has 0 aliphatic rings. The minimum Gasteiger partial charge on any atom is -0.299 e. The molecule has 1 heterocycles. The first-order valence-electron chi connectivity index (χ1n) is 8.71. The number of nitrogens with zero attached hydrogens (tertiary/aromatic N) is 3. The van der Waals surface area contributed by atoms with Gasteiger partial charge in [-0.15, -0.1) is 16.8 Å². The lowest BCUT2D eigenvalue weighted by Crippen LogP contribution is -2.38. The third-order valence-electron chi connectivity index (χ3n) is 3.79. The van der Waals surface area contributed by atoms with Crippen molar-refractivity contribution in [3.8, 4) is 0 Å². The van der Waals surface area contributed by atoms with E-state index in [0.29, 0.717) is 10.1 Å². The number of thioether (sulfide) groups is 1. The van der Waals surface area contributed by atoms with E-state index in [2.05, 4.69) is 22.1 Å². The summed E-state index contributed by atoms with van der Waals surface area (Å²) >= 11 is 8.40. The molecule has 0 fully saturated rings. The number of hydrogen-bond donors (Lipinski definition) is 1. The van der Waals surface area contributed by atoms with Crippen LogP contribution in [0.5, 0.6) is 0 Å². The first kappa shape index (κ1) is 23.2. The van der Waals surface area contributed by atoms with E-state index < -0.39 is 28.3 Å². The van der Waals surface area contributed by atoms with Gasteiger partial charge in [0.25, 0.3) is 10.0 Å². The summed E-state index contributed by atoms with van der Waals surface area (Å²) in [5.41, 5.74) is 0.0462. The Balaban J connectivity index is 1.87. The number of rotatable bonds is 9. The van der Waals surface area contributed by atoms with Crippen LogP contribution in [0.4, 0.5) is 15.2 Å². The maximum absolute atomic E-state index is 13.6. The summed E-state index contributed by atoms with van der Waals surface area (Å²) in [4.78, 5) is 12.6. The lowest BCUT2D eigenvalue weighted by molar-refractivity contribution is -0.114. The summed E-state index contributed by atoms with van der Waals surface area (Å²) in [7, 11) is -4.13. The molecule has 0 bridgehead atoms. The molecule has 12 heteroatoms. The van der Waals surface area contributed by atoms with Crippen LogP contribution in [-0.4, -0.2) is 36.8 Å². The van der Waals surface area contributed by atoms with Crippen molar-refractivity contribution in [1.29, 1.82) is 0 Å². The van der Waals surface area contributed by atoms with Crippen molar-refractivity contribution >= 4 is 61.4 Å². The Hall–Kier alpha value is -2.47. The quantitative estimate of drug-likeness (QED) is 0.266. The minimum absolute atomic E-state index is 0.0257. The topological polar surface area (TPSA) is 92.3 Å². The number of carbonyl (C=O) groups is 1. The van der Waals surface area contributed by atoms with Crippen molar-refractivity contribution in [1.82, 2.24) is 10.2 Å². The normalized spacial score (nSPS) is 11.2. The number of sulfonamides is 1. The third-order valence-corrected chi connectivity index (χ3v) is 7.83. The molecule has 1 aromatic heterocycles. The molecular weight excluding hydrogens is 483 g/mol. The second kappa shape index (κ2) is 10.2. The number of benzene rings is 2. The molecule has 0 aliphatic carbocycles. The highest BCUT2D eigenvalue weighted by Gasteiger charge is 2.28. The van der Waals surface area contributed by atoms with Crippen molar-refractivity contribution in [3.05, 3.63) is 72.0 Å². The summed E-state index contributed by atoms with van der Waals surface area (Å²) in [5, 5.41) is 10.3. The Kier molecular flexibility index (Phi) is 7.65. The lowest BCUT2D eigenvalue weighted by atomic mass is 10.3. The van der Waals surface area contributed by atoms with Crippen LogP contribution in [-0.2, 0) is 14.8 Å². The van der Waals surface area contributed by atoms with Crippen LogP contribution in [0.25, 0.3) is 0 Å². The van der Waals surface area contributed by atoms with E-state index in [1.807, 2.05) is 0 Å². The standard InChI is InChI=1S/C19H16ClFN4O3S3/c1-2-10-29-19-24-23-18(30-19)22-17(26)12-25(13-8-9-16(21)15(20)11-13)31(27,28)14-6-4-3-5-7-14/h2-9,11H,1,10,12H2,(H,22,23,26). The Morgan fingerprint density at radius 3 is 2.68 bits per heavy atom. The number of carbonyl (C=O) groups excluding carboxylic acids is 1. The van der Waals surface area contributed by atoms with Gasteiger partial charge in [-0.05, 0) is 30.3 Å². The van der Waals surface area contributed by atoms with E-state index in [1.54, 1.807) is 24.3 Å². The van der Waals surface area contributed by atoms with E-state index in [4.69, 9.17) is 11.6 Å². The van der Waals surface area contributed by atoms with Gasteiger partial charge in [-0.2, -0.15) is 0 Å². The molecule has 0 spiro atoms. The second-order valence-corrected chi connectivity index (χ2v) is 10.5. The Bertz CT molecular complexity index is 1190. The molecule has 2 aromatic carbocycles. The van der Waals surface area contributed by atoms with Gasteiger partial charge in [0, 0.05) is 5.75 Å². The first-order valence-corrected chi connectivity index (χ1v) is 12.3. The van der Waals surface area contributed by atoms with E-state index in [0.717, 1.165) is 27.8 Å². The predicted octanol–water partition coefficient (Wildman–Crippen LogP) is 4.44. The minimum atomic E-state index is -4.13. The van der Waals surface area contributed by atoms with Crippen molar-refractivity contribution in [2.24, 2.45) is 0 Å². The fourth-order valence-electron chi connectivity index (χ4n) is 2.41. The van der Waals surface area contributed by atoms with Gasteiger partial charge in [0.2, 0.25) is 11.0 Å². The fourth-order valence-corrected chi connectivity index (χ4v) is 5.55. The van der Waals surface area contributed by atoms with Crippen molar-refractivity contribution in [3.63, 3.8) is 0 Å². The van der Waals surface area contributed by atoms with E-state index in [1.165, 1.54) is 30.0 Å². The van der Waals surface area contributed by atoms with Crippen LogP contribution in [0.2, 0.25) is 5.02 Å². The van der Waals surface area contributed by atoms with Crippen LogP contribution < -0.4 is 9.62 Å². The highest BCUT2D eigenvalue weighted by atomic mass is 35.5. The Labute approximate surface area is 192 Å². The highest BCUT2D eigenvalue weighted by Crippen LogP contribution is 2.28. The van der Waals surface area contributed by atoms with Crippen molar-refractivity contribution < 1.29 is 17.6 Å². The number of aromatic nitrogens is 2. The maximum atomic E-state index is 13.6. The molecule has 3 rings (SSSR count). The second-order valence-electron chi connectivity index (χ2n) is 5.94. The largest absolute Gasteiger partial charge is 0.299 e. The zero-order chi connectivity index (χ0) is 22.4. The highest BCUT2D eigenvalue weighted by molar-refractivity contribution is 8.01. The first-order chi connectivity index (χ1) is 14.8. The zero-order valence-corrected chi connectivity index (χ0v) is 19.1. The summed E-state index contributed by atoms with van der Waals surface area (Å²) in [6, 6.07) is 11.0. The fraction of sp³-hybridized carbons (Fsp3) is 0.105. The van der Waals surface area contributed by atoms with Gasteiger partial charge in [-0.1, -0.05) is 59.0 Å². The van der Waals surface area contributed by atoms with Crippen LogP contribution >= 0.6 is 34.7 Å². The van der Waals surface area contributed by atoms with Gasteiger partial charge in [-0.3, -0.25) is 14.4 Å². The zero-order valence-electron chi connectivity index (χ0n) is 15.9. The molecule has 1 amide bonds. The number of amides is 1. The molecule has 0 unspecified atom stereocenters. The monoisotopic (exact) mass is 498 g/mol. The summed E-state index contributed by atoms with van der Waals surface area (Å²) in [6.07, 6.45) is 1.71. The average molecular weight is 499 g/mol. The average Bonchev–Trinajstić information content (AvgIpc) is 3.20. The van der Waals surface area contributed by atoms with Gasteiger partial charge in [0.05, 0.1) is 15.6 Å². The van der Waals surface area contributed by atoms with Crippen LogP contribution in [0.3, 0.4) is 0 Å². The molecule has 0 radical (unpaired) electrons. The molecule has 0 saturated heterocycles. The molecule has 31 heavy (non-hydrogen) atoms. The van der Waals surface area contributed by atoms with E-state index in [-0.39, 0.29) is 20.7 Å². The molecule has 162 valence electrons. The number of hydrogen-bond acceptors (Lipinski definition) is 7. The van der Waals surface area contributed by atoms with Crippen LogP contribution in [0, 0.1) is 5.82 Å². The SMILES string of the molecule is C=CCSc1nnc(NC(=O)CN(c2ccc(F)c(Cl)c2)S(=O)(=O)c2ccccc2)s1. The maximum Gasteiger partial charge on any atom is 0.264 e. The van der Waals surface area contributed by atoms with Gasteiger partial charge in [-0.25, -0.2) is 12.8 Å². The molecular formula is C19H16ClFN4O3S3. The Morgan fingerprint density at radius 2 is 2.00 bits per heavy atom. The lowest BCUT2D eigenvalue weighted by Gasteiger charge is -2.24. The smallest absolute Gasteiger partial charge is 0.264 e. The third kappa shape index (κ3) is 5.82. The van der Waals surface area contributed by atoms with E-state index >= 15 is 0 Å². The van der Waals surface area contributed by atoms with Crippen LogP contribution in [0.15, 0.2) is 70.4 Å². The van der Waals surface area contributed by atoms with Gasteiger partial charge >= 0.3 is 0 Å². The van der Waals surface area contributed by atoms with Gasteiger partial charge in [0.15, 0.2) is 4.34 Å². The number of nitrogens with one attached hydrogen (secondary N) is 1. The summed E-state index contributed by atoms with van der Waals surface area (Å²) in [5.74, 6) is -0.710. The van der Waals surface area contributed by atoms with E-state index in [9.17, 15) is 17.6 Å². The Morgan fingerprint density at radius 1 is 1.26 bits per heavy atom. The van der Waals surface area contributed by atoms with Crippen molar-refractivity contribution in [2.75, 3.05) is 21.9 Å². The van der Waals surface area contributed by atoms with Gasteiger partial charge in [0.1, 0.15) is 12.4 Å². The van der Waals surface area contributed by atoms with Crippen molar-refractivity contribution in [2.45, 2.75) is 9.24 Å². The molecule has 3 aromatic rings. The molecule has 0 aliphatic heterocycles. The van der Waals surface area contributed by atoms with Crippen LogP contribution in [0.1, 0.15) is 0 Å².